The van der Waals surface area contributed by atoms with Crippen LogP contribution in [0.15, 0.2) is 64.8 Å². The summed E-state index contributed by atoms with van der Waals surface area (Å²) in [5.74, 6) is -0.315. The van der Waals surface area contributed by atoms with E-state index in [2.05, 4.69) is 15.6 Å². The molecule has 1 heterocycles. The standard InChI is InChI=1S/C27H32ClF3N6O.C2H6/c1-2-18-7-9-19(10-8-18)25(33)37(14-12-27(29,30)31)26(38)36-16-23(32)21-11-13-34-17-24(21)35-15-20-5-3-4-6-22(20)28;1-2/h3-10,33-34H,2,11-17,32H2,1H3,(H,36,38);1-2H3/b23-21-,33-25?,35-24?;. The van der Waals surface area contributed by atoms with Gasteiger partial charge in [0.05, 0.1) is 25.2 Å². The molecule has 3 rings (SSSR count). The molecule has 40 heavy (non-hydrogen) atoms. The fraction of sp³-hybridized carbons (Fsp3) is 0.414. The SMILES string of the molecule is CC.CCc1ccc(C(=N)N(CCC(F)(F)F)C(=O)NC/C(N)=C2\CCNCC2=NCc2ccccc2Cl)cc1. The predicted molar refractivity (Wildman–Crippen MR) is 156 cm³/mol. The van der Waals surface area contributed by atoms with E-state index >= 15 is 0 Å². The van der Waals surface area contributed by atoms with Gasteiger partial charge in [0.2, 0.25) is 0 Å². The number of benzene rings is 2. The molecule has 2 aromatic rings. The fourth-order valence-corrected chi connectivity index (χ4v) is 4.15. The highest BCUT2D eigenvalue weighted by atomic mass is 35.5. The van der Waals surface area contributed by atoms with Crippen molar-refractivity contribution in [1.82, 2.24) is 15.5 Å². The van der Waals surface area contributed by atoms with E-state index in [1.165, 1.54) is 0 Å². The zero-order chi connectivity index (χ0) is 29.7. The van der Waals surface area contributed by atoms with Crippen LogP contribution in [0.1, 0.15) is 50.3 Å². The van der Waals surface area contributed by atoms with Crippen molar-refractivity contribution in [2.45, 2.75) is 52.8 Å². The lowest BCUT2D eigenvalue weighted by Gasteiger charge is -2.25. The van der Waals surface area contributed by atoms with Gasteiger partial charge in [0.1, 0.15) is 5.84 Å². The Hall–Kier alpha value is -3.37. The van der Waals surface area contributed by atoms with Crippen LogP contribution >= 0.6 is 11.6 Å². The number of rotatable bonds is 8. The molecule has 1 fully saturated rings. The second kappa shape index (κ2) is 16.0. The molecule has 0 spiro atoms. The highest BCUT2D eigenvalue weighted by Crippen LogP contribution is 2.21. The quantitative estimate of drug-likeness (QED) is 0.226. The van der Waals surface area contributed by atoms with Gasteiger partial charge in [-0.2, -0.15) is 13.2 Å². The van der Waals surface area contributed by atoms with Crippen LogP contribution in [-0.2, 0) is 13.0 Å². The van der Waals surface area contributed by atoms with Gasteiger partial charge in [-0.3, -0.25) is 15.3 Å². The van der Waals surface area contributed by atoms with Crippen LogP contribution < -0.4 is 16.4 Å². The Kier molecular flexibility index (Phi) is 13.2. The van der Waals surface area contributed by atoms with Crippen LogP contribution in [0.3, 0.4) is 0 Å². The summed E-state index contributed by atoms with van der Waals surface area (Å²) in [5, 5.41) is 14.9. The number of aryl methyl sites for hydroxylation is 1. The number of carbonyl (C=O) groups excluding carboxylic acids is 1. The summed E-state index contributed by atoms with van der Waals surface area (Å²) in [4.78, 5) is 18.4. The molecule has 0 saturated carbocycles. The third-order valence-electron chi connectivity index (χ3n) is 6.18. The van der Waals surface area contributed by atoms with Crippen molar-refractivity contribution in [1.29, 1.82) is 5.41 Å². The molecule has 0 radical (unpaired) electrons. The van der Waals surface area contributed by atoms with Gasteiger partial charge in [-0.15, -0.1) is 0 Å². The lowest BCUT2D eigenvalue weighted by Crippen LogP contribution is -2.46. The number of carbonyl (C=O) groups is 1. The minimum Gasteiger partial charge on any atom is -0.400 e. The molecule has 2 aromatic carbocycles. The number of hydrogen-bond donors (Lipinski definition) is 4. The summed E-state index contributed by atoms with van der Waals surface area (Å²) in [6.45, 7) is 6.71. The zero-order valence-corrected chi connectivity index (χ0v) is 23.9. The lowest BCUT2D eigenvalue weighted by molar-refractivity contribution is -0.135. The summed E-state index contributed by atoms with van der Waals surface area (Å²) < 4.78 is 38.9. The highest BCUT2D eigenvalue weighted by Gasteiger charge is 2.31. The minimum absolute atomic E-state index is 0.0934. The van der Waals surface area contributed by atoms with E-state index in [-0.39, 0.29) is 12.4 Å². The number of hydrogen-bond acceptors (Lipinski definition) is 5. The Morgan fingerprint density at radius 3 is 2.48 bits per heavy atom. The topological polar surface area (TPSA) is 107 Å². The van der Waals surface area contributed by atoms with Crippen molar-refractivity contribution in [2.24, 2.45) is 10.7 Å². The molecule has 7 nitrogen and oxygen atoms in total. The number of alkyl halides is 3. The maximum atomic E-state index is 13.0. The molecule has 218 valence electrons. The molecule has 0 aliphatic carbocycles. The van der Waals surface area contributed by atoms with Crippen LogP contribution in [0.2, 0.25) is 5.02 Å². The first-order chi connectivity index (χ1) is 19.1. The molecule has 5 N–H and O–H groups in total. The van der Waals surface area contributed by atoms with Gasteiger partial charge in [0.25, 0.3) is 0 Å². The molecule has 1 aliphatic heterocycles. The van der Waals surface area contributed by atoms with Crippen LogP contribution in [0.4, 0.5) is 18.0 Å². The zero-order valence-electron chi connectivity index (χ0n) is 23.2. The van der Waals surface area contributed by atoms with Crippen molar-refractivity contribution < 1.29 is 18.0 Å². The van der Waals surface area contributed by atoms with E-state index in [0.29, 0.717) is 42.3 Å². The third kappa shape index (κ3) is 9.98. The van der Waals surface area contributed by atoms with Crippen molar-refractivity contribution in [3.05, 3.63) is 81.5 Å². The lowest BCUT2D eigenvalue weighted by atomic mass is 10.0. The summed E-state index contributed by atoms with van der Waals surface area (Å²) in [5.41, 5.74) is 10.4. The van der Waals surface area contributed by atoms with Gasteiger partial charge in [-0.05, 0) is 42.2 Å². The Morgan fingerprint density at radius 1 is 1.18 bits per heavy atom. The van der Waals surface area contributed by atoms with E-state index < -0.39 is 25.2 Å². The molecule has 1 saturated heterocycles. The van der Waals surface area contributed by atoms with Gasteiger partial charge in [0.15, 0.2) is 0 Å². The Balaban J connectivity index is 0.00000274. The maximum absolute atomic E-state index is 13.0. The van der Waals surface area contributed by atoms with Crippen LogP contribution in [-0.4, -0.2) is 54.8 Å². The average Bonchev–Trinajstić information content (AvgIpc) is 2.96. The number of urea groups is 1. The molecule has 11 heteroatoms. The van der Waals surface area contributed by atoms with Crippen LogP contribution in [0, 0.1) is 5.41 Å². The molecule has 2 amide bonds. The average molecular weight is 579 g/mol. The Bertz CT molecular complexity index is 1200. The Labute approximate surface area is 239 Å². The van der Waals surface area contributed by atoms with Crippen LogP contribution in [0.5, 0.6) is 0 Å². The number of aliphatic imine (C=N–C) groups is 1. The molecular weight excluding hydrogens is 541 g/mol. The third-order valence-corrected chi connectivity index (χ3v) is 6.55. The number of piperidine rings is 1. The second-order valence-electron chi connectivity index (χ2n) is 8.86. The fourth-order valence-electron chi connectivity index (χ4n) is 3.96. The predicted octanol–water partition coefficient (Wildman–Crippen LogP) is 6.07. The van der Waals surface area contributed by atoms with Crippen LogP contribution in [0.25, 0.3) is 0 Å². The van der Waals surface area contributed by atoms with E-state index in [1.807, 2.05) is 39.0 Å². The smallest absolute Gasteiger partial charge is 0.390 e. The summed E-state index contributed by atoms with van der Waals surface area (Å²) in [7, 11) is 0. The first-order valence-electron chi connectivity index (χ1n) is 13.3. The summed E-state index contributed by atoms with van der Waals surface area (Å²) in [6.07, 6.45) is -4.36. The van der Waals surface area contributed by atoms with E-state index in [9.17, 15) is 18.0 Å². The molecule has 0 atom stereocenters. The largest absolute Gasteiger partial charge is 0.400 e. The number of nitrogens with zero attached hydrogens (tertiary/aromatic N) is 2. The van der Waals surface area contributed by atoms with Crippen molar-refractivity contribution >= 4 is 29.2 Å². The second-order valence-corrected chi connectivity index (χ2v) is 9.27. The number of nitrogens with two attached hydrogens (primary N) is 1. The first-order valence-corrected chi connectivity index (χ1v) is 13.7. The minimum atomic E-state index is -4.48. The number of amides is 2. The molecular formula is C29H38ClF3N6O. The highest BCUT2D eigenvalue weighted by molar-refractivity contribution is 6.31. The van der Waals surface area contributed by atoms with Gasteiger partial charge in [-0.25, -0.2) is 4.79 Å². The monoisotopic (exact) mass is 578 g/mol. The number of amidine groups is 1. The number of halogens is 4. The van der Waals surface area contributed by atoms with E-state index in [4.69, 9.17) is 22.7 Å². The van der Waals surface area contributed by atoms with Gasteiger partial charge in [0, 0.05) is 29.4 Å². The van der Waals surface area contributed by atoms with Crippen molar-refractivity contribution in [3.63, 3.8) is 0 Å². The summed E-state index contributed by atoms with van der Waals surface area (Å²) >= 11 is 6.23. The van der Waals surface area contributed by atoms with E-state index in [1.54, 1.807) is 30.3 Å². The van der Waals surface area contributed by atoms with Gasteiger partial charge < -0.3 is 16.4 Å². The molecule has 0 aromatic heterocycles. The maximum Gasteiger partial charge on any atom is 0.390 e. The molecule has 1 aliphatic rings. The molecule has 0 unspecified atom stereocenters. The normalized spacial score (nSPS) is 15.6. The molecule has 0 bridgehead atoms. The number of nitrogens with one attached hydrogen (secondary N) is 3. The van der Waals surface area contributed by atoms with Crippen molar-refractivity contribution in [2.75, 3.05) is 26.2 Å². The van der Waals surface area contributed by atoms with Gasteiger partial charge >= 0.3 is 12.2 Å². The van der Waals surface area contributed by atoms with Gasteiger partial charge in [-0.1, -0.05) is 74.8 Å². The Morgan fingerprint density at radius 2 is 1.85 bits per heavy atom. The first kappa shape index (κ1) is 32.8. The van der Waals surface area contributed by atoms with Crippen molar-refractivity contribution in [3.8, 4) is 0 Å². The summed E-state index contributed by atoms with van der Waals surface area (Å²) in [6, 6.07) is 13.4. The van der Waals surface area contributed by atoms with E-state index in [0.717, 1.165) is 33.7 Å².